The van der Waals surface area contributed by atoms with E-state index in [0.29, 0.717) is 23.7 Å². The van der Waals surface area contributed by atoms with Gasteiger partial charge in [0.1, 0.15) is 6.04 Å². The summed E-state index contributed by atoms with van der Waals surface area (Å²) in [5, 5.41) is 11.5. The molecule has 6 heteroatoms. The lowest BCUT2D eigenvalue weighted by molar-refractivity contribution is -0.145. The van der Waals surface area contributed by atoms with Crippen molar-refractivity contribution in [3.8, 4) is 0 Å². The second-order valence-corrected chi connectivity index (χ2v) is 13.5. The van der Waals surface area contributed by atoms with Crippen molar-refractivity contribution in [1.29, 1.82) is 0 Å². The maximum absolute atomic E-state index is 12.5. The van der Waals surface area contributed by atoms with Gasteiger partial charge in [-0.2, -0.15) is 0 Å². The molecule has 1 aromatic heterocycles. The van der Waals surface area contributed by atoms with Crippen molar-refractivity contribution in [2.75, 3.05) is 32.7 Å². The molecule has 2 aliphatic heterocycles. The number of rotatable bonds is 9. The van der Waals surface area contributed by atoms with E-state index in [-0.39, 0.29) is 6.04 Å². The normalized spacial score (nSPS) is 24.3. The standard InChI is InChI=1S/C34H43N3O2S/c38-34(39)33(28-14-8-3-9-15-28)37-23-29(30(24-37)26-12-6-2-7-13-26)22-36-18-16-27(17-19-36)31-21-35-32(40-31)20-25-10-4-1-5-11-25/h1-2,4-7,10-13,21,27-30,33H,3,8-9,14-20,22-24H2,(H,38,39). The van der Waals surface area contributed by atoms with Crippen LogP contribution in [-0.4, -0.2) is 64.6 Å². The molecule has 1 aliphatic carbocycles. The highest BCUT2D eigenvalue weighted by Crippen LogP contribution is 2.39. The summed E-state index contributed by atoms with van der Waals surface area (Å²) in [6, 6.07) is 21.2. The quantitative estimate of drug-likeness (QED) is 0.319. The molecule has 3 atom stereocenters. The van der Waals surface area contributed by atoms with E-state index >= 15 is 0 Å². The summed E-state index contributed by atoms with van der Waals surface area (Å²) in [6.07, 6.45) is 11.1. The third-order valence-electron chi connectivity index (χ3n) is 9.69. The van der Waals surface area contributed by atoms with Crippen molar-refractivity contribution in [3.63, 3.8) is 0 Å². The number of hydrogen-bond donors (Lipinski definition) is 1. The fraction of sp³-hybridized carbons (Fsp3) is 0.529. The first-order chi connectivity index (χ1) is 19.6. The molecular weight excluding hydrogens is 514 g/mol. The van der Waals surface area contributed by atoms with Crippen LogP contribution in [0.1, 0.15) is 77.8 Å². The Bertz CT molecular complexity index is 1220. The van der Waals surface area contributed by atoms with E-state index in [2.05, 4.69) is 76.7 Å². The number of aliphatic carboxylic acids is 1. The van der Waals surface area contributed by atoms with Gasteiger partial charge in [0, 0.05) is 43.0 Å². The Labute approximate surface area is 243 Å². The molecule has 2 aromatic carbocycles. The van der Waals surface area contributed by atoms with Crippen LogP contribution in [0.5, 0.6) is 0 Å². The predicted octanol–water partition coefficient (Wildman–Crippen LogP) is 6.66. The van der Waals surface area contributed by atoms with E-state index in [1.54, 1.807) is 0 Å². The van der Waals surface area contributed by atoms with Gasteiger partial charge in [0.2, 0.25) is 0 Å². The Kier molecular flexibility index (Phi) is 8.95. The number of thiazole rings is 1. The maximum Gasteiger partial charge on any atom is 0.321 e. The highest BCUT2D eigenvalue weighted by molar-refractivity contribution is 7.11. The Morgan fingerprint density at radius 2 is 1.62 bits per heavy atom. The zero-order valence-corrected chi connectivity index (χ0v) is 24.4. The minimum Gasteiger partial charge on any atom is -0.480 e. The van der Waals surface area contributed by atoms with Gasteiger partial charge in [-0.25, -0.2) is 4.98 Å². The average molecular weight is 558 g/mol. The molecule has 0 bridgehead atoms. The molecule has 3 heterocycles. The molecule has 3 fully saturated rings. The Morgan fingerprint density at radius 3 is 2.33 bits per heavy atom. The monoisotopic (exact) mass is 557 g/mol. The van der Waals surface area contributed by atoms with Crippen LogP contribution >= 0.6 is 11.3 Å². The molecule has 3 unspecified atom stereocenters. The average Bonchev–Trinajstić information content (AvgIpc) is 3.62. The van der Waals surface area contributed by atoms with Gasteiger partial charge in [-0.15, -0.1) is 11.3 Å². The highest BCUT2D eigenvalue weighted by atomic mass is 32.1. The smallest absolute Gasteiger partial charge is 0.321 e. The molecule has 0 spiro atoms. The Hall–Kier alpha value is -2.54. The van der Waals surface area contributed by atoms with Crippen LogP contribution in [0.2, 0.25) is 0 Å². The zero-order chi connectivity index (χ0) is 27.3. The van der Waals surface area contributed by atoms with Crippen molar-refractivity contribution in [1.82, 2.24) is 14.8 Å². The number of aromatic nitrogens is 1. The van der Waals surface area contributed by atoms with Crippen molar-refractivity contribution >= 4 is 17.3 Å². The number of carboxylic acids is 1. The summed E-state index contributed by atoms with van der Waals surface area (Å²) in [5.74, 6) is 1.14. The first-order valence-electron chi connectivity index (χ1n) is 15.4. The van der Waals surface area contributed by atoms with E-state index in [1.807, 2.05) is 11.3 Å². The number of likely N-dealkylation sites (tertiary alicyclic amines) is 2. The Morgan fingerprint density at radius 1 is 0.925 bits per heavy atom. The number of carbonyl (C=O) groups is 1. The van der Waals surface area contributed by atoms with Gasteiger partial charge < -0.3 is 10.0 Å². The van der Waals surface area contributed by atoms with Crippen LogP contribution in [0.15, 0.2) is 66.9 Å². The molecule has 5 nitrogen and oxygen atoms in total. The summed E-state index contributed by atoms with van der Waals surface area (Å²) in [6.45, 7) is 5.04. The van der Waals surface area contributed by atoms with Crippen molar-refractivity contribution in [2.24, 2.45) is 11.8 Å². The molecule has 1 saturated carbocycles. The van der Waals surface area contributed by atoms with Gasteiger partial charge in [0.25, 0.3) is 0 Å². The lowest BCUT2D eigenvalue weighted by atomic mass is 9.83. The van der Waals surface area contributed by atoms with Gasteiger partial charge >= 0.3 is 5.97 Å². The predicted molar refractivity (Wildman–Crippen MR) is 162 cm³/mol. The lowest BCUT2D eigenvalue weighted by Crippen LogP contribution is -2.46. The van der Waals surface area contributed by atoms with Crippen LogP contribution in [0.25, 0.3) is 0 Å². The fourth-order valence-corrected chi connectivity index (χ4v) is 8.72. The van der Waals surface area contributed by atoms with Gasteiger partial charge in [-0.05, 0) is 67.7 Å². The summed E-state index contributed by atoms with van der Waals surface area (Å²) >= 11 is 1.89. The molecule has 40 heavy (non-hydrogen) atoms. The zero-order valence-electron chi connectivity index (χ0n) is 23.5. The maximum atomic E-state index is 12.5. The van der Waals surface area contributed by atoms with Crippen LogP contribution in [0.4, 0.5) is 0 Å². The van der Waals surface area contributed by atoms with E-state index in [9.17, 15) is 9.90 Å². The second-order valence-electron chi connectivity index (χ2n) is 12.3. The van der Waals surface area contributed by atoms with Crippen LogP contribution in [0, 0.1) is 11.8 Å². The minimum absolute atomic E-state index is 0.295. The summed E-state index contributed by atoms with van der Waals surface area (Å²) in [7, 11) is 0. The third-order valence-corrected chi connectivity index (χ3v) is 10.9. The molecular formula is C34H43N3O2S. The number of benzene rings is 2. The van der Waals surface area contributed by atoms with Crippen molar-refractivity contribution in [2.45, 2.75) is 69.2 Å². The molecule has 212 valence electrons. The number of carboxylic acid groups (broad SMARTS) is 1. The highest BCUT2D eigenvalue weighted by Gasteiger charge is 2.43. The molecule has 3 aromatic rings. The molecule has 6 rings (SSSR count). The SMILES string of the molecule is O=C(O)C(C1CCCCC1)N1CC(CN2CCC(c3cnc(Cc4ccccc4)s3)CC2)C(c2ccccc2)C1. The number of hydrogen-bond acceptors (Lipinski definition) is 5. The van der Waals surface area contributed by atoms with Gasteiger partial charge in [-0.3, -0.25) is 9.69 Å². The summed E-state index contributed by atoms with van der Waals surface area (Å²) in [4.78, 5) is 23.7. The summed E-state index contributed by atoms with van der Waals surface area (Å²) in [5.41, 5.74) is 2.69. The van der Waals surface area contributed by atoms with E-state index in [0.717, 1.165) is 52.0 Å². The van der Waals surface area contributed by atoms with Crippen LogP contribution in [0.3, 0.4) is 0 Å². The van der Waals surface area contributed by atoms with E-state index in [4.69, 9.17) is 4.98 Å². The first-order valence-corrected chi connectivity index (χ1v) is 16.2. The number of nitrogens with zero attached hydrogens (tertiary/aromatic N) is 3. The Balaban J connectivity index is 1.09. The van der Waals surface area contributed by atoms with E-state index < -0.39 is 5.97 Å². The van der Waals surface area contributed by atoms with E-state index in [1.165, 1.54) is 53.1 Å². The second kappa shape index (κ2) is 13.0. The topological polar surface area (TPSA) is 56.7 Å². The molecule has 2 saturated heterocycles. The lowest BCUT2D eigenvalue weighted by Gasteiger charge is -2.35. The van der Waals surface area contributed by atoms with Crippen molar-refractivity contribution in [3.05, 3.63) is 87.9 Å². The first kappa shape index (κ1) is 27.6. The molecule has 0 amide bonds. The van der Waals surface area contributed by atoms with Gasteiger partial charge in [0.15, 0.2) is 0 Å². The molecule has 1 N–H and O–H groups in total. The third kappa shape index (κ3) is 6.50. The minimum atomic E-state index is -0.614. The molecule has 3 aliphatic rings. The van der Waals surface area contributed by atoms with Crippen molar-refractivity contribution < 1.29 is 9.90 Å². The summed E-state index contributed by atoms with van der Waals surface area (Å²) < 4.78 is 0. The fourth-order valence-electron chi connectivity index (χ4n) is 7.60. The van der Waals surface area contributed by atoms with Crippen LogP contribution in [-0.2, 0) is 11.2 Å². The van der Waals surface area contributed by atoms with Gasteiger partial charge in [0.05, 0.1) is 5.01 Å². The van der Waals surface area contributed by atoms with Gasteiger partial charge in [-0.1, -0.05) is 79.9 Å². The van der Waals surface area contributed by atoms with Crippen LogP contribution < -0.4 is 0 Å². The largest absolute Gasteiger partial charge is 0.480 e. The molecule has 0 radical (unpaired) electrons. The number of piperidine rings is 1.